The Balaban J connectivity index is 3.70. The molecule has 0 fully saturated rings. The van der Waals surface area contributed by atoms with Crippen LogP contribution in [0.1, 0.15) is 34.6 Å². The first-order chi connectivity index (χ1) is 5.88. The lowest BCUT2D eigenvalue weighted by molar-refractivity contribution is 0.262. The summed E-state index contributed by atoms with van der Waals surface area (Å²) in [7, 11) is 0. The fraction of sp³-hybridized carbons (Fsp3) is 0.900. The Kier molecular flexibility index (Phi) is 5.30. The Morgan fingerprint density at radius 1 is 1.31 bits per heavy atom. The third-order valence-electron chi connectivity index (χ3n) is 2.38. The van der Waals surface area contributed by atoms with Crippen LogP contribution in [-0.4, -0.2) is 18.2 Å². The number of rotatable bonds is 3. The van der Waals surface area contributed by atoms with Crippen molar-refractivity contribution in [3.63, 3.8) is 0 Å². The molecule has 0 aromatic carbocycles. The van der Waals surface area contributed by atoms with E-state index in [9.17, 15) is 0 Å². The van der Waals surface area contributed by atoms with Crippen LogP contribution in [0, 0.1) is 11.3 Å². The third kappa shape index (κ3) is 5.86. The first-order valence-electron chi connectivity index (χ1n) is 4.89. The normalized spacial score (nSPS) is 13.6. The van der Waals surface area contributed by atoms with Crippen LogP contribution in [0.25, 0.3) is 0 Å². The predicted octanol–water partition coefficient (Wildman–Crippen LogP) is 2.15. The zero-order valence-electron chi connectivity index (χ0n) is 9.40. The van der Waals surface area contributed by atoms with E-state index in [1.54, 1.807) is 0 Å². The highest BCUT2D eigenvalue weighted by atomic mass is 32.1. The van der Waals surface area contributed by atoms with Crippen molar-refractivity contribution in [2.45, 2.75) is 34.6 Å². The van der Waals surface area contributed by atoms with Crippen LogP contribution >= 0.6 is 12.2 Å². The molecule has 2 N–H and O–H groups in total. The van der Waals surface area contributed by atoms with Gasteiger partial charge in [-0.25, -0.2) is 0 Å². The van der Waals surface area contributed by atoms with E-state index in [4.69, 9.17) is 12.2 Å². The lowest BCUT2D eigenvalue weighted by Crippen LogP contribution is -2.39. The number of thiocarbonyl (C=S) groups is 1. The average Bonchev–Trinajstić information content (AvgIpc) is 1.99. The molecule has 0 radical (unpaired) electrons. The van der Waals surface area contributed by atoms with Crippen molar-refractivity contribution in [2.75, 3.05) is 13.1 Å². The van der Waals surface area contributed by atoms with Crippen molar-refractivity contribution in [1.29, 1.82) is 0 Å². The molecule has 0 aliphatic heterocycles. The standard InChI is InChI=1S/C10H22N2S/c1-6-11-9(13)12-7-8(2)10(3,4)5/h8H,6-7H2,1-5H3,(H2,11,12,13). The highest BCUT2D eigenvalue weighted by Crippen LogP contribution is 2.24. The monoisotopic (exact) mass is 202 g/mol. The zero-order valence-corrected chi connectivity index (χ0v) is 10.2. The summed E-state index contributed by atoms with van der Waals surface area (Å²) in [5.41, 5.74) is 0.342. The fourth-order valence-electron chi connectivity index (χ4n) is 0.775. The maximum Gasteiger partial charge on any atom is 0.166 e. The van der Waals surface area contributed by atoms with Gasteiger partial charge in [-0.3, -0.25) is 0 Å². The molecule has 0 aliphatic carbocycles. The van der Waals surface area contributed by atoms with Gasteiger partial charge in [-0.05, 0) is 30.5 Å². The molecular formula is C10H22N2S. The Morgan fingerprint density at radius 3 is 2.23 bits per heavy atom. The second-order valence-electron chi connectivity index (χ2n) is 4.51. The minimum atomic E-state index is 0.342. The van der Waals surface area contributed by atoms with Crippen molar-refractivity contribution < 1.29 is 0 Å². The zero-order chi connectivity index (χ0) is 10.5. The molecule has 0 aromatic rings. The van der Waals surface area contributed by atoms with Gasteiger partial charge in [-0.1, -0.05) is 27.7 Å². The Labute approximate surface area is 87.5 Å². The lowest BCUT2D eigenvalue weighted by atomic mass is 9.82. The van der Waals surface area contributed by atoms with Crippen LogP contribution < -0.4 is 10.6 Å². The molecule has 0 bridgehead atoms. The van der Waals surface area contributed by atoms with Crippen LogP contribution in [0.3, 0.4) is 0 Å². The van der Waals surface area contributed by atoms with E-state index < -0.39 is 0 Å². The van der Waals surface area contributed by atoms with E-state index in [0.29, 0.717) is 11.3 Å². The van der Waals surface area contributed by atoms with Crippen molar-refractivity contribution in [1.82, 2.24) is 10.6 Å². The molecule has 0 aromatic heterocycles. The molecule has 0 saturated carbocycles. The van der Waals surface area contributed by atoms with E-state index in [1.165, 1.54) is 0 Å². The number of nitrogens with one attached hydrogen (secondary N) is 2. The molecule has 0 spiro atoms. The van der Waals surface area contributed by atoms with Gasteiger partial charge in [0, 0.05) is 13.1 Å². The smallest absolute Gasteiger partial charge is 0.166 e. The summed E-state index contributed by atoms with van der Waals surface area (Å²) >= 11 is 5.07. The quantitative estimate of drug-likeness (QED) is 0.686. The van der Waals surface area contributed by atoms with E-state index in [0.717, 1.165) is 18.2 Å². The highest BCUT2D eigenvalue weighted by Gasteiger charge is 2.19. The molecule has 0 heterocycles. The van der Waals surface area contributed by atoms with E-state index in [2.05, 4.69) is 38.3 Å². The molecule has 1 unspecified atom stereocenters. The van der Waals surface area contributed by atoms with Gasteiger partial charge in [0.05, 0.1) is 0 Å². The molecule has 1 atom stereocenters. The number of hydrogen-bond acceptors (Lipinski definition) is 1. The molecule has 3 heteroatoms. The highest BCUT2D eigenvalue weighted by molar-refractivity contribution is 7.80. The molecule has 13 heavy (non-hydrogen) atoms. The average molecular weight is 202 g/mol. The van der Waals surface area contributed by atoms with Crippen LogP contribution in [0.2, 0.25) is 0 Å². The summed E-state index contributed by atoms with van der Waals surface area (Å²) in [6.45, 7) is 12.8. The fourth-order valence-corrected chi connectivity index (χ4v) is 1.00. The van der Waals surface area contributed by atoms with Crippen LogP contribution in [-0.2, 0) is 0 Å². The molecule has 0 rings (SSSR count). The van der Waals surface area contributed by atoms with E-state index >= 15 is 0 Å². The van der Waals surface area contributed by atoms with Gasteiger partial charge in [-0.15, -0.1) is 0 Å². The van der Waals surface area contributed by atoms with Gasteiger partial charge in [0.25, 0.3) is 0 Å². The molecule has 0 aliphatic rings. The van der Waals surface area contributed by atoms with Gasteiger partial charge < -0.3 is 10.6 Å². The molecule has 0 amide bonds. The van der Waals surface area contributed by atoms with Crippen LogP contribution in [0.4, 0.5) is 0 Å². The van der Waals surface area contributed by atoms with Crippen molar-refractivity contribution in [3.8, 4) is 0 Å². The summed E-state index contributed by atoms with van der Waals surface area (Å²) < 4.78 is 0. The second kappa shape index (κ2) is 5.43. The Morgan fingerprint density at radius 2 is 1.85 bits per heavy atom. The summed E-state index contributed by atoms with van der Waals surface area (Å²) in [6.07, 6.45) is 0. The van der Waals surface area contributed by atoms with E-state index in [1.807, 2.05) is 6.92 Å². The van der Waals surface area contributed by atoms with Crippen molar-refractivity contribution in [2.24, 2.45) is 11.3 Å². The maximum absolute atomic E-state index is 5.07. The summed E-state index contributed by atoms with van der Waals surface area (Å²) in [5, 5.41) is 7.05. The molecule has 2 nitrogen and oxygen atoms in total. The number of hydrogen-bond donors (Lipinski definition) is 2. The van der Waals surface area contributed by atoms with Gasteiger partial charge >= 0.3 is 0 Å². The van der Waals surface area contributed by atoms with Gasteiger partial charge in [0.1, 0.15) is 0 Å². The van der Waals surface area contributed by atoms with Crippen molar-refractivity contribution >= 4 is 17.3 Å². The van der Waals surface area contributed by atoms with Crippen LogP contribution in [0.5, 0.6) is 0 Å². The maximum atomic E-state index is 5.07. The molecular weight excluding hydrogens is 180 g/mol. The molecule has 0 saturated heterocycles. The van der Waals surface area contributed by atoms with Gasteiger partial charge in [0.15, 0.2) is 5.11 Å². The first-order valence-corrected chi connectivity index (χ1v) is 5.30. The van der Waals surface area contributed by atoms with Gasteiger partial charge in [-0.2, -0.15) is 0 Å². The first kappa shape index (κ1) is 12.7. The Hall–Kier alpha value is -0.310. The van der Waals surface area contributed by atoms with E-state index in [-0.39, 0.29) is 0 Å². The lowest BCUT2D eigenvalue weighted by Gasteiger charge is -2.27. The summed E-state index contributed by atoms with van der Waals surface area (Å²) in [4.78, 5) is 0. The third-order valence-corrected chi connectivity index (χ3v) is 2.67. The summed E-state index contributed by atoms with van der Waals surface area (Å²) in [6, 6.07) is 0. The summed E-state index contributed by atoms with van der Waals surface area (Å²) in [5.74, 6) is 0.615. The van der Waals surface area contributed by atoms with Crippen LogP contribution in [0.15, 0.2) is 0 Å². The van der Waals surface area contributed by atoms with Gasteiger partial charge in [0.2, 0.25) is 0 Å². The minimum Gasteiger partial charge on any atom is -0.363 e. The molecule has 78 valence electrons. The Bertz CT molecular complexity index is 161. The minimum absolute atomic E-state index is 0.342. The van der Waals surface area contributed by atoms with Crippen molar-refractivity contribution in [3.05, 3.63) is 0 Å². The largest absolute Gasteiger partial charge is 0.363 e. The predicted molar refractivity (Wildman–Crippen MR) is 62.9 cm³/mol. The SMILES string of the molecule is CCNC(=S)NCC(C)C(C)(C)C. The topological polar surface area (TPSA) is 24.1 Å². The second-order valence-corrected chi connectivity index (χ2v) is 4.92.